The number of benzene rings is 2. The van der Waals surface area contributed by atoms with Gasteiger partial charge < -0.3 is 15.5 Å². The predicted octanol–water partition coefficient (Wildman–Crippen LogP) is 3.89. The van der Waals surface area contributed by atoms with Crippen LogP contribution in [0.25, 0.3) is 0 Å². The van der Waals surface area contributed by atoms with Crippen LogP contribution in [0.5, 0.6) is 0 Å². The van der Waals surface area contributed by atoms with Gasteiger partial charge in [0.25, 0.3) is 9.70 Å². The lowest BCUT2D eigenvalue weighted by Crippen LogP contribution is -2.24. The lowest BCUT2D eigenvalue weighted by molar-refractivity contribution is -0.136. The Hall–Kier alpha value is -1.83. The molecule has 2 aromatic rings. The minimum absolute atomic E-state index is 0.536. The number of benzodiazepines with no additional fused rings is 1. The summed E-state index contributed by atoms with van der Waals surface area (Å²) in [6.07, 6.45) is -1.43. The highest BCUT2D eigenvalue weighted by molar-refractivity contribution is 6.75. The van der Waals surface area contributed by atoms with Gasteiger partial charge in [0, 0.05) is 16.1 Å². The second-order valence-corrected chi connectivity index (χ2v) is 7.92. The molecule has 142 valence electrons. The number of nitrogens with one attached hydrogen (secondary N) is 1. The normalized spacial score (nSPS) is 16.1. The van der Waals surface area contributed by atoms with Crippen molar-refractivity contribution in [1.82, 2.24) is 0 Å². The van der Waals surface area contributed by atoms with Crippen LogP contribution in [0.4, 0.5) is 5.69 Å². The first-order valence-corrected chi connectivity index (χ1v) is 8.83. The zero-order valence-corrected chi connectivity index (χ0v) is 16.4. The number of aliphatic carboxylic acids is 1. The van der Waals surface area contributed by atoms with Gasteiger partial charge in [-0.2, -0.15) is 0 Å². The third-order valence-corrected chi connectivity index (χ3v) is 3.99. The maximum absolute atomic E-state index is 11.7. The maximum Gasteiger partial charge on any atom is 0.356 e. The van der Waals surface area contributed by atoms with E-state index in [-0.39, 0.29) is 0 Å². The molecule has 3 rings (SSSR count). The molecule has 0 saturated heterocycles. The predicted molar refractivity (Wildman–Crippen MR) is 106 cm³/mol. The van der Waals surface area contributed by atoms with E-state index < -0.39 is 21.9 Å². The smallest absolute Gasteiger partial charge is 0.356 e. The van der Waals surface area contributed by atoms with Crippen molar-refractivity contribution in [3.63, 3.8) is 0 Å². The third kappa shape index (κ3) is 5.82. The van der Waals surface area contributed by atoms with Gasteiger partial charge in [-0.1, -0.05) is 76.7 Å². The monoisotopic (exact) mass is 448 g/mol. The number of carboxylic acids is 1. The summed E-state index contributed by atoms with van der Waals surface area (Å²) >= 11 is 20.4. The Kier molecular flexibility index (Phi) is 7.08. The Bertz CT molecular complexity index is 882. The highest BCUT2D eigenvalue weighted by Gasteiger charge is 2.29. The number of anilines is 1. The number of fused-ring (bicyclic) bond motifs is 1. The molecule has 0 saturated carbocycles. The molecule has 1 aliphatic rings. The van der Waals surface area contributed by atoms with Crippen molar-refractivity contribution in [3.05, 3.63) is 64.7 Å². The van der Waals surface area contributed by atoms with Gasteiger partial charge in [0.1, 0.15) is 0 Å². The van der Waals surface area contributed by atoms with E-state index in [0.717, 1.165) is 5.56 Å². The van der Waals surface area contributed by atoms with Crippen LogP contribution >= 0.6 is 46.4 Å². The molecule has 0 radical (unpaired) electrons. The summed E-state index contributed by atoms with van der Waals surface area (Å²) in [6, 6.07) is 14.5. The SMILES string of the molecule is O=C(O)C(Cl)(Cl)Cl.O=C1Nc2ccc(Cl)cc2C(c2ccccc2)=NC1O. The topological polar surface area (TPSA) is 99.0 Å². The lowest BCUT2D eigenvalue weighted by Gasteiger charge is -2.10. The van der Waals surface area contributed by atoms with Gasteiger partial charge in [-0.25, -0.2) is 9.79 Å². The summed E-state index contributed by atoms with van der Waals surface area (Å²) in [6.45, 7) is 0. The van der Waals surface area contributed by atoms with Crippen molar-refractivity contribution in [2.75, 3.05) is 5.32 Å². The number of hydrogen-bond donors (Lipinski definition) is 3. The molecule has 3 N–H and O–H groups in total. The van der Waals surface area contributed by atoms with Crippen molar-refractivity contribution in [3.8, 4) is 0 Å². The summed E-state index contributed by atoms with van der Waals surface area (Å²) in [5.41, 5.74) is 2.62. The maximum atomic E-state index is 11.7. The minimum atomic E-state index is -2.17. The zero-order chi connectivity index (χ0) is 20.2. The summed E-state index contributed by atoms with van der Waals surface area (Å²) in [4.78, 5) is 25.5. The molecule has 10 heteroatoms. The molecule has 0 bridgehead atoms. The van der Waals surface area contributed by atoms with Crippen molar-refractivity contribution >= 4 is 69.7 Å². The molecule has 0 aliphatic carbocycles. The molecule has 1 amide bonds. The first kappa shape index (κ1) is 21.5. The third-order valence-electron chi connectivity index (χ3n) is 3.27. The molecule has 1 heterocycles. The number of aliphatic hydroxyl groups is 1. The molecule has 0 spiro atoms. The van der Waals surface area contributed by atoms with Crippen molar-refractivity contribution in [1.29, 1.82) is 0 Å². The van der Waals surface area contributed by atoms with Crippen LogP contribution in [0.2, 0.25) is 5.02 Å². The Morgan fingerprint density at radius 3 is 2.26 bits per heavy atom. The Balaban J connectivity index is 0.000000321. The van der Waals surface area contributed by atoms with Gasteiger partial charge in [-0.05, 0) is 18.2 Å². The van der Waals surface area contributed by atoms with Crippen LogP contribution in [0.3, 0.4) is 0 Å². The van der Waals surface area contributed by atoms with Crippen LogP contribution < -0.4 is 5.32 Å². The second-order valence-electron chi connectivity index (χ2n) is 5.20. The fraction of sp³-hybridized carbons (Fsp3) is 0.118. The molecule has 0 aromatic heterocycles. The van der Waals surface area contributed by atoms with E-state index in [1.54, 1.807) is 18.2 Å². The summed E-state index contributed by atoms with van der Waals surface area (Å²) in [5, 5.41) is 20.8. The Morgan fingerprint density at radius 1 is 1.11 bits per heavy atom. The average molecular weight is 450 g/mol. The second kappa shape index (κ2) is 8.91. The highest BCUT2D eigenvalue weighted by atomic mass is 35.6. The van der Waals surface area contributed by atoms with E-state index in [2.05, 4.69) is 10.3 Å². The summed E-state index contributed by atoms with van der Waals surface area (Å²) in [5.74, 6) is -2.02. The number of alkyl halides is 3. The number of hydrogen-bond acceptors (Lipinski definition) is 4. The molecule has 2 aromatic carbocycles. The molecule has 6 nitrogen and oxygen atoms in total. The van der Waals surface area contributed by atoms with Gasteiger partial charge in [-0.15, -0.1) is 0 Å². The Labute approximate surface area is 174 Å². The van der Waals surface area contributed by atoms with E-state index in [4.69, 9.17) is 51.5 Å². The van der Waals surface area contributed by atoms with Gasteiger partial charge >= 0.3 is 5.97 Å². The average Bonchev–Trinajstić information content (AvgIpc) is 2.72. The van der Waals surface area contributed by atoms with Crippen LogP contribution in [0, 0.1) is 0 Å². The van der Waals surface area contributed by atoms with Crippen LogP contribution in [0.15, 0.2) is 53.5 Å². The number of carboxylic acid groups (broad SMARTS) is 1. The number of halogens is 4. The van der Waals surface area contributed by atoms with Crippen molar-refractivity contribution in [2.24, 2.45) is 4.99 Å². The van der Waals surface area contributed by atoms with E-state index >= 15 is 0 Å². The highest BCUT2D eigenvalue weighted by Crippen LogP contribution is 2.27. The fourth-order valence-electron chi connectivity index (χ4n) is 2.10. The van der Waals surface area contributed by atoms with Gasteiger partial charge in [-0.3, -0.25) is 4.79 Å². The van der Waals surface area contributed by atoms with Gasteiger partial charge in [0.2, 0.25) is 6.23 Å². The van der Waals surface area contributed by atoms with Crippen LogP contribution in [-0.2, 0) is 9.59 Å². The number of nitrogens with zero attached hydrogens (tertiary/aromatic N) is 1. The largest absolute Gasteiger partial charge is 0.478 e. The molecular weight excluding hydrogens is 438 g/mol. The fourth-order valence-corrected chi connectivity index (χ4v) is 2.27. The minimum Gasteiger partial charge on any atom is -0.478 e. The molecule has 27 heavy (non-hydrogen) atoms. The number of amides is 1. The molecule has 1 unspecified atom stereocenters. The Morgan fingerprint density at radius 2 is 1.70 bits per heavy atom. The summed E-state index contributed by atoms with van der Waals surface area (Å²) < 4.78 is -2.17. The number of rotatable bonds is 1. The number of carbonyl (C=O) groups is 2. The number of carbonyl (C=O) groups excluding carboxylic acids is 1. The van der Waals surface area contributed by atoms with Crippen LogP contribution in [0.1, 0.15) is 11.1 Å². The molecular formula is C17H12Cl4N2O4. The van der Waals surface area contributed by atoms with E-state index in [1.165, 1.54) is 0 Å². The van der Waals surface area contributed by atoms with Crippen molar-refractivity contribution < 1.29 is 19.8 Å². The van der Waals surface area contributed by atoms with Crippen LogP contribution in [-0.4, -0.2) is 37.8 Å². The van der Waals surface area contributed by atoms with Crippen molar-refractivity contribution in [2.45, 2.75) is 10.0 Å². The van der Waals surface area contributed by atoms with E-state index in [0.29, 0.717) is 22.0 Å². The first-order chi connectivity index (χ1) is 12.6. The summed E-state index contributed by atoms with van der Waals surface area (Å²) in [7, 11) is 0. The van der Waals surface area contributed by atoms with E-state index in [1.807, 2.05) is 30.3 Å². The standard InChI is InChI=1S/C15H11ClN2O2.C2HCl3O2/c16-10-6-7-12-11(8-10)13(9-4-2-1-3-5-9)18-15(20)14(19)17-12;3-2(4,5)1(6)7/h1-8,15,20H,(H,17,19);(H,6,7). The number of aliphatic hydroxyl groups excluding tert-OH is 1. The molecule has 0 fully saturated rings. The zero-order valence-electron chi connectivity index (χ0n) is 13.4. The molecule has 1 atom stereocenters. The van der Waals surface area contributed by atoms with Gasteiger partial charge in [0.05, 0.1) is 11.4 Å². The number of aliphatic imine (C=N–C) groups is 1. The molecule has 1 aliphatic heterocycles. The first-order valence-electron chi connectivity index (χ1n) is 7.32. The van der Waals surface area contributed by atoms with Gasteiger partial charge in [0.15, 0.2) is 0 Å². The quantitative estimate of drug-likeness (QED) is 0.575. The van der Waals surface area contributed by atoms with E-state index in [9.17, 15) is 14.7 Å². The lowest BCUT2D eigenvalue weighted by atomic mass is 10.0.